The van der Waals surface area contributed by atoms with Gasteiger partial charge in [0.15, 0.2) is 5.78 Å². The Labute approximate surface area is 208 Å². The predicted molar refractivity (Wildman–Crippen MR) is 123 cm³/mol. The number of rotatable bonds is 9. The highest BCUT2D eigenvalue weighted by Crippen LogP contribution is 2.33. The maximum atomic E-state index is 14.3. The molecule has 0 N–H and O–H groups in total. The minimum absolute atomic E-state index is 0.193. The van der Waals surface area contributed by atoms with Crippen LogP contribution < -0.4 is 4.74 Å². The van der Waals surface area contributed by atoms with E-state index in [0.717, 1.165) is 48.2 Å². The first-order valence-electron chi connectivity index (χ1n) is 11.1. The first kappa shape index (κ1) is 25.8. The van der Waals surface area contributed by atoms with Crippen molar-refractivity contribution in [1.29, 1.82) is 0 Å². The summed E-state index contributed by atoms with van der Waals surface area (Å²) in [6.07, 6.45) is 0.643. The van der Waals surface area contributed by atoms with E-state index < -0.39 is 29.8 Å². The van der Waals surface area contributed by atoms with E-state index in [1.165, 1.54) is 24.0 Å². The number of carbonyl (C=O) groups is 1. The van der Waals surface area contributed by atoms with Crippen LogP contribution in [0.4, 0.5) is 17.6 Å². The molecule has 0 bridgehead atoms. The maximum absolute atomic E-state index is 14.3. The number of benzene rings is 1. The van der Waals surface area contributed by atoms with Crippen LogP contribution in [0.1, 0.15) is 46.6 Å². The van der Waals surface area contributed by atoms with Gasteiger partial charge < -0.3 is 9.47 Å². The Morgan fingerprint density at radius 1 is 1.19 bits per heavy atom. The third-order valence-corrected chi connectivity index (χ3v) is 6.68. The summed E-state index contributed by atoms with van der Waals surface area (Å²) in [5, 5.41) is 17.5. The minimum Gasteiger partial charge on any atom is -0.406 e. The molecule has 3 aromatic rings. The molecule has 0 radical (unpaired) electrons. The molecular formula is C24H22F4N4O3S. The Hall–Kier alpha value is -3.25. The van der Waals surface area contributed by atoms with Crippen LogP contribution in [0.5, 0.6) is 5.75 Å². The molecule has 7 nitrogen and oxygen atoms in total. The van der Waals surface area contributed by atoms with Gasteiger partial charge in [-0.2, -0.15) is 10.2 Å². The summed E-state index contributed by atoms with van der Waals surface area (Å²) in [6, 6.07) is 6.23. The van der Waals surface area contributed by atoms with Crippen LogP contribution in [-0.2, 0) is 22.4 Å². The van der Waals surface area contributed by atoms with Crippen LogP contribution >= 0.6 is 11.3 Å². The monoisotopic (exact) mass is 522 g/mol. The van der Waals surface area contributed by atoms with E-state index in [0.29, 0.717) is 17.3 Å². The zero-order valence-electron chi connectivity index (χ0n) is 19.2. The molecule has 0 spiro atoms. The van der Waals surface area contributed by atoms with Gasteiger partial charge in [0.1, 0.15) is 27.7 Å². The van der Waals surface area contributed by atoms with Gasteiger partial charge in [-0.25, -0.2) is 4.39 Å². The Morgan fingerprint density at radius 2 is 2.00 bits per heavy atom. The molecule has 36 heavy (non-hydrogen) atoms. The van der Waals surface area contributed by atoms with Crippen LogP contribution in [0.25, 0.3) is 5.57 Å². The van der Waals surface area contributed by atoms with E-state index in [1.807, 2.05) is 12.1 Å². The molecule has 0 aliphatic heterocycles. The molecule has 2 aromatic heterocycles. The third kappa shape index (κ3) is 6.70. The van der Waals surface area contributed by atoms with E-state index in [4.69, 9.17) is 4.74 Å². The molecule has 0 amide bonds. The van der Waals surface area contributed by atoms with Gasteiger partial charge in [0.05, 0.1) is 12.1 Å². The highest BCUT2D eigenvalue weighted by molar-refractivity contribution is 7.11. The molecule has 0 fully saturated rings. The van der Waals surface area contributed by atoms with Gasteiger partial charge in [-0.3, -0.25) is 4.79 Å². The highest BCUT2D eigenvalue weighted by Gasteiger charge is 2.32. The fraction of sp³-hybridized carbons (Fsp3) is 0.375. The van der Waals surface area contributed by atoms with Gasteiger partial charge in [0.2, 0.25) is 0 Å². The standard InChI is InChI=1S/C24H22F4N4O3S/c1-34-23(17-12-16(8-9-18(17)25)35-24(26,27)28)20(33)13-22-32-31-21(36-22)11-14-4-6-15(7-5-14)19-3-2-10-29-30-19/h2-3,6,8-10,12,14,23H,4-5,7,11,13H2,1H3/t14-,23-/m0/s1. The molecule has 0 unspecified atom stereocenters. The number of halogens is 4. The van der Waals surface area contributed by atoms with Crippen molar-refractivity contribution in [3.05, 3.63) is 69.7 Å². The molecular weight excluding hydrogens is 500 g/mol. The Morgan fingerprint density at radius 3 is 2.67 bits per heavy atom. The molecule has 0 saturated carbocycles. The number of alkyl halides is 3. The number of ether oxygens (including phenoxy) is 2. The van der Waals surface area contributed by atoms with Crippen molar-refractivity contribution in [3.63, 3.8) is 0 Å². The second-order valence-corrected chi connectivity index (χ2v) is 9.41. The lowest BCUT2D eigenvalue weighted by atomic mass is 9.86. The van der Waals surface area contributed by atoms with Gasteiger partial charge in [-0.15, -0.1) is 34.7 Å². The number of carbonyl (C=O) groups excluding carboxylic acids is 1. The van der Waals surface area contributed by atoms with Gasteiger partial charge in [0.25, 0.3) is 0 Å². The topological polar surface area (TPSA) is 87.1 Å². The number of hydrogen-bond donors (Lipinski definition) is 0. The lowest BCUT2D eigenvalue weighted by Gasteiger charge is -2.20. The van der Waals surface area contributed by atoms with E-state index in [2.05, 4.69) is 31.2 Å². The molecule has 2 heterocycles. The van der Waals surface area contributed by atoms with Crippen molar-refractivity contribution in [2.24, 2.45) is 5.92 Å². The second-order valence-electron chi connectivity index (χ2n) is 8.26. The molecule has 2 atom stereocenters. The fourth-order valence-electron chi connectivity index (χ4n) is 4.06. The molecule has 4 rings (SSSR count). The Kier molecular flexibility index (Phi) is 8.04. The van der Waals surface area contributed by atoms with Crippen molar-refractivity contribution in [1.82, 2.24) is 20.4 Å². The average Bonchev–Trinajstić information content (AvgIpc) is 3.28. The number of methoxy groups -OCH3 is 1. The fourth-order valence-corrected chi connectivity index (χ4v) is 5.03. The summed E-state index contributed by atoms with van der Waals surface area (Å²) in [4.78, 5) is 12.8. The molecule has 190 valence electrons. The predicted octanol–water partition coefficient (Wildman–Crippen LogP) is 5.29. The molecule has 0 saturated heterocycles. The maximum Gasteiger partial charge on any atom is 0.573 e. The quantitative estimate of drug-likeness (QED) is 0.353. The van der Waals surface area contributed by atoms with E-state index in [-0.39, 0.29) is 12.0 Å². The lowest BCUT2D eigenvalue weighted by Crippen LogP contribution is -2.20. The van der Waals surface area contributed by atoms with E-state index in [9.17, 15) is 22.4 Å². The number of allylic oxidation sites excluding steroid dienone is 2. The van der Waals surface area contributed by atoms with Crippen molar-refractivity contribution < 1.29 is 31.8 Å². The Bertz CT molecular complexity index is 1230. The molecule has 1 aromatic carbocycles. The zero-order valence-corrected chi connectivity index (χ0v) is 20.0. The first-order chi connectivity index (χ1) is 17.2. The van der Waals surface area contributed by atoms with E-state index in [1.54, 1.807) is 6.20 Å². The number of hydrogen-bond acceptors (Lipinski definition) is 8. The lowest BCUT2D eigenvalue weighted by molar-refractivity contribution is -0.274. The summed E-state index contributed by atoms with van der Waals surface area (Å²) in [7, 11) is 1.18. The van der Waals surface area contributed by atoms with Crippen LogP contribution in [-0.4, -0.2) is 39.7 Å². The smallest absolute Gasteiger partial charge is 0.406 e. The van der Waals surface area contributed by atoms with Gasteiger partial charge in [-0.1, -0.05) is 6.08 Å². The summed E-state index contributed by atoms with van der Waals surface area (Å²) in [5.41, 5.74) is 1.71. The van der Waals surface area contributed by atoms with Crippen LogP contribution in [0, 0.1) is 11.7 Å². The van der Waals surface area contributed by atoms with Crippen molar-refractivity contribution >= 4 is 22.7 Å². The number of Topliss-reactive ketones (excluding diaryl/α,β-unsaturated/α-hetero) is 1. The van der Waals surface area contributed by atoms with Crippen LogP contribution in [0.3, 0.4) is 0 Å². The number of nitrogens with zero attached hydrogens (tertiary/aromatic N) is 4. The molecule has 1 aliphatic rings. The van der Waals surface area contributed by atoms with E-state index >= 15 is 0 Å². The summed E-state index contributed by atoms with van der Waals surface area (Å²) in [5.74, 6) is -1.71. The minimum atomic E-state index is -4.95. The molecule has 1 aliphatic carbocycles. The summed E-state index contributed by atoms with van der Waals surface area (Å²) < 4.78 is 60.9. The van der Waals surface area contributed by atoms with Gasteiger partial charge >= 0.3 is 6.36 Å². The van der Waals surface area contributed by atoms with Gasteiger partial charge in [0, 0.05) is 25.3 Å². The average molecular weight is 523 g/mol. The summed E-state index contributed by atoms with van der Waals surface area (Å²) in [6.45, 7) is 0. The summed E-state index contributed by atoms with van der Waals surface area (Å²) >= 11 is 1.28. The van der Waals surface area contributed by atoms with Crippen molar-refractivity contribution in [2.45, 2.75) is 44.6 Å². The third-order valence-electron chi connectivity index (χ3n) is 5.73. The normalized spacial score (nSPS) is 16.9. The Balaban J connectivity index is 1.38. The SMILES string of the molecule is CO[C@H](C(=O)Cc1nnc(C[C@H]2CC=C(c3cccnn3)CC2)s1)c1cc(OC(F)(F)F)ccc1F. The highest BCUT2D eigenvalue weighted by atomic mass is 32.1. The van der Waals surface area contributed by atoms with Crippen molar-refractivity contribution in [3.8, 4) is 5.75 Å². The van der Waals surface area contributed by atoms with Crippen molar-refractivity contribution in [2.75, 3.05) is 7.11 Å². The second kappa shape index (κ2) is 11.2. The molecule has 12 heteroatoms. The van der Waals surface area contributed by atoms with Crippen LogP contribution in [0.15, 0.2) is 42.6 Å². The number of ketones is 1. The largest absolute Gasteiger partial charge is 0.573 e. The van der Waals surface area contributed by atoms with Crippen LogP contribution in [0.2, 0.25) is 0 Å². The van der Waals surface area contributed by atoms with Gasteiger partial charge in [-0.05, 0) is 61.1 Å². The zero-order chi connectivity index (χ0) is 25.7. The number of aromatic nitrogens is 4. The first-order valence-corrected chi connectivity index (χ1v) is 11.9.